The van der Waals surface area contributed by atoms with Gasteiger partial charge in [0.25, 0.3) is 0 Å². The van der Waals surface area contributed by atoms with Crippen LogP contribution >= 0.6 is 0 Å². The van der Waals surface area contributed by atoms with Crippen molar-refractivity contribution in [2.24, 2.45) is 0 Å². The van der Waals surface area contributed by atoms with Crippen LogP contribution in [0.3, 0.4) is 0 Å². The number of para-hydroxylation sites is 1. The molecule has 1 saturated heterocycles. The molecule has 1 fully saturated rings. The topological polar surface area (TPSA) is 35.5 Å². The van der Waals surface area contributed by atoms with E-state index < -0.39 is 18.4 Å². The fourth-order valence-electron chi connectivity index (χ4n) is 1.71. The lowest BCUT2D eigenvalue weighted by Crippen LogP contribution is -2.18. The predicted octanol–water partition coefficient (Wildman–Crippen LogP) is 2.96. The number of hydrogen-bond acceptors (Lipinski definition) is 3. The van der Waals surface area contributed by atoms with Crippen LogP contribution in [0.5, 0.6) is 5.75 Å². The second kappa shape index (κ2) is 4.27. The zero-order valence-corrected chi connectivity index (χ0v) is 8.66. The van der Waals surface area contributed by atoms with Gasteiger partial charge in [0.2, 0.25) is 0 Å². The molecule has 1 aromatic rings. The van der Waals surface area contributed by atoms with Crippen molar-refractivity contribution in [2.75, 3.05) is 0 Å². The first-order valence-corrected chi connectivity index (χ1v) is 5.00. The Morgan fingerprint density at radius 3 is 2.59 bits per heavy atom. The second-order valence-electron chi connectivity index (χ2n) is 3.60. The third kappa shape index (κ3) is 2.89. The van der Waals surface area contributed by atoms with Gasteiger partial charge in [-0.05, 0) is 12.5 Å². The quantitative estimate of drug-likeness (QED) is 0.752. The van der Waals surface area contributed by atoms with Crippen LogP contribution in [-0.2, 0) is 9.53 Å². The van der Waals surface area contributed by atoms with Crippen molar-refractivity contribution in [3.05, 3.63) is 29.8 Å². The SMILES string of the molecule is O=C1CCC(c2ccccc2OC(F)(F)F)O1. The van der Waals surface area contributed by atoms with Crippen molar-refractivity contribution in [3.63, 3.8) is 0 Å². The number of benzene rings is 1. The molecule has 0 bridgehead atoms. The van der Waals surface area contributed by atoms with Crippen LogP contribution in [0.2, 0.25) is 0 Å². The number of halogens is 3. The monoisotopic (exact) mass is 246 g/mol. The van der Waals surface area contributed by atoms with E-state index in [0.717, 1.165) is 0 Å². The van der Waals surface area contributed by atoms with Gasteiger partial charge in [-0.3, -0.25) is 4.79 Å². The summed E-state index contributed by atoms with van der Waals surface area (Å²) in [5, 5.41) is 0. The standard InChI is InChI=1S/C11H9F3O3/c12-11(13,14)17-9-4-2-1-3-7(9)8-5-6-10(15)16-8/h1-4,8H,5-6H2. The summed E-state index contributed by atoms with van der Waals surface area (Å²) in [5.41, 5.74) is 0.246. The summed E-state index contributed by atoms with van der Waals surface area (Å²) < 4.78 is 45.3. The molecule has 2 rings (SSSR count). The van der Waals surface area contributed by atoms with Crippen LogP contribution in [0.25, 0.3) is 0 Å². The lowest BCUT2D eigenvalue weighted by molar-refractivity contribution is -0.275. The highest BCUT2D eigenvalue weighted by molar-refractivity contribution is 5.72. The summed E-state index contributed by atoms with van der Waals surface area (Å²) in [6.45, 7) is 0. The zero-order chi connectivity index (χ0) is 12.5. The van der Waals surface area contributed by atoms with Crippen LogP contribution in [0.1, 0.15) is 24.5 Å². The number of cyclic esters (lactones) is 1. The van der Waals surface area contributed by atoms with E-state index in [1.807, 2.05) is 0 Å². The molecule has 0 saturated carbocycles. The van der Waals surface area contributed by atoms with Gasteiger partial charge in [-0.2, -0.15) is 0 Å². The maximum absolute atomic E-state index is 12.2. The van der Waals surface area contributed by atoms with Crippen LogP contribution in [0, 0.1) is 0 Å². The first-order chi connectivity index (χ1) is 7.96. The van der Waals surface area contributed by atoms with Gasteiger partial charge >= 0.3 is 12.3 Å². The highest BCUT2D eigenvalue weighted by Gasteiger charge is 2.34. The molecular formula is C11H9F3O3. The normalized spacial score (nSPS) is 20.2. The van der Waals surface area contributed by atoms with Gasteiger partial charge in [-0.1, -0.05) is 18.2 Å². The molecule has 0 amide bonds. The first kappa shape index (κ1) is 11.8. The molecule has 92 valence electrons. The summed E-state index contributed by atoms with van der Waals surface area (Å²) in [6, 6.07) is 5.67. The van der Waals surface area contributed by atoms with Crippen molar-refractivity contribution in [1.29, 1.82) is 0 Å². The summed E-state index contributed by atoms with van der Waals surface area (Å²) >= 11 is 0. The van der Waals surface area contributed by atoms with Gasteiger partial charge in [0.15, 0.2) is 0 Å². The Bertz CT molecular complexity index is 428. The number of ether oxygens (including phenoxy) is 2. The molecule has 0 spiro atoms. The van der Waals surface area contributed by atoms with Gasteiger partial charge in [0, 0.05) is 12.0 Å². The largest absolute Gasteiger partial charge is 0.573 e. The van der Waals surface area contributed by atoms with Crippen LogP contribution < -0.4 is 4.74 Å². The van der Waals surface area contributed by atoms with E-state index in [2.05, 4.69) is 4.74 Å². The molecule has 0 aromatic heterocycles. The van der Waals surface area contributed by atoms with Crippen molar-refractivity contribution in [3.8, 4) is 5.75 Å². The number of rotatable bonds is 2. The highest BCUT2D eigenvalue weighted by Crippen LogP contribution is 2.37. The van der Waals surface area contributed by atoms with Gasteiger partial charge in [-0.15, -0.1) is 13.2 Å². The molecule has 1 unspecified atom stereocenters. The van der Waals surface area contributed by atoms with E-state index in [9.17, 15) is 18.0 Å². The summed E-state index contributed by atoms with van der Waals surface area (Å²) in [6.07, 6.45) is -4.82. The molecule has 1 heterocycles. The summed E-state index contributed by atoms with van der Waals surface area (Å²) in [7, 11) is 0. The zero-order valence-electron chi connectivity index (χ0n) is 8.66. The Balaban J connectivity index is 2.24. The molecule has 0 radical (unpaired) electrons. The third-order valence-electron chi connectivity index (χ3n) is 2.38. The van der Waals surface area contributed by atoms with E-state index in [0.29, 0.717) is 6.42 Å². The van der Waals surface area contributed by atoms with Gasteiger partial charge in [-0.25, -0.2) is 0 Å². The van der Waals surface area contributed by atoms with E-state index in [-0.39, 0.29) is 17.7 Å². The molecule has 1 aliphatic rings. The van der Waals surface area contributed by atoms with E-state index in [1.165, 1.54) is 18.2 Å². The molecule has 1 aromatic carbocycles. The average Bonchev–Trinajstić information content (AvgIpc) is 2.63. The van der Waals surface area contributed by atoms with Crippen molar-refractivity contribution >= 4 is 5.97 Å². The smallest absolute Gasteiger partial charge is 0.457 e. The molecule has 1 aliphatic heterocycles. The van der Waals surface area contributed by atoms with E-state index in [1.54, 1.807) is 6.07 Å². The summed E-state index contributed by atoms with van der Waals surface area (Å²) in [4.78, 5) is 10.9. The number of alkyl halides is 3. The van der Waals surface area contributed by atoms with Crippen LogP contribution in [0.4, 0.5) is 13.2 Å². The molecule has 0 aliphatic carbocycles. The Hall–Kier alpha value is -1.72. The minimum Gasteiger partial charge on any atom is -0.457 e. The highest BCUT2D eigenvalue weighted by atomic mass is 19.4. The fourth-order valence-corrected chi connectivity index (χ4v) is 1.71. The average molecular weight is 246 g/mol. The van der Waals surface area contributed by atoms with Gasteiger partial charge in [0.05, 0.1) is 0 Å². The lowest BCUT2D eigenvalue weighted by atomic mass is 10.1. The molecule has 3 nitrogen and oxygen atoms in total. The van der Waals surface area contributed by atoms with Crippen LogP contribution in [0.15, 0.2) is 24.3 Å². The summed E-state index contributed by atoms with van der Waals surface area (Å²) in [5.74, 6) is -0.725. The molecule has 1 atom stereocenters. The van der Waals surface area contributed by atoms with E-state index >= 15 is 0 Å². The number of carbonyl (C=O) groups excluding carboxylic acids is 1. The fraction of sp³-hybridized carbons (Fsp3) is 0.364. The van der Waals surface area contributed by atoms with Gasteiger partial charge in [0.1, 0.15) is 11.9 Å². The van der Waals surface area contributed by atoms with Crippen LogP contribution in [-0.4, -0.2) is 12.3 Å². The van der Waals surface area contributed by atoms with Crippen molar-refractivity contribution in [1.82, 2.24) is 0 Å². The van der Waals surface area contributed by atoms with Crippen molar-refractivity contribution in [2.45, 2.75) is 25.3 Å². The Labute approximate surface area is 95.1 Å². The first-order valence-electron chi connectivity index (χ1n) is 5.00. The predicted molar refractivity (Wildman–Crippen MR) is 51.2 cm³/mol. The Morgan fingerprint density at radius 1 is 1.29 bits per heavy atom. The minimum atomic E-state index is -4.75. The van der Waals surface area contributed by atoms with Crippen molar-refractivity contribution < 1.29 is 27.4 Å². The van der Waals surface area contributed by atoms with E-state index in [4.69, 9.17) is 4.74 Å². The molecule has 0 N–H and O–H groups in total. The Kier molecular flexibility index (Phi) is 2.95. The lowest BCUT2D eigenvalue weighted by Gasteiger charge is -2.16. The molecule has 6 heteroatoms. The number of hydrogen-bond donors (Lipinski definition) is 0. The maximum atomic E-state index is 12.2. The maximum Gasteiger partial charge on any atom is 0.573 e. The molecule has 17 heavy (non-hydrogen) atoms. The number of carbonyl (C=O) groups is 1. The second-order valence-corrected chi connectivity index (χ2v) is 3.60. The molecular weight excluding hydrogens is 237 g/mol. The Morgan fingerprint density at radius 2 is 2.00 bits per heavy atom. The minimum absolute atomic E-state index is 0.213. The van der Waals surface area contributed by atoms with Gasteiger partial charge < -0.3 is 9.47 Å². The number of esters is 1. The third-order valence-corrected chi connectivity index (χ3v) is 2.38.